The highest BCUT2D eigenvalue weighted by Gasteiger charge is 2.39. The van der Waals surface area contributed by atoms with Crippen LogP contribution in [0.3, 0.4) is 0 Å². The van der Waals surface area contributed by atoms with E-state index in [2.05, 4.69) is 14.8 Å². The van der Waals surface area contributed by atoms with Gasteiger partial charge >= 0.3 is 7.52 Å². The van der Waals surface area contributed by atoms with E-state index in [4.69, 9.17) is 4.52 Å². The third-order valence-corrected chi connectivity index (χ3v) is 8.18. The standard InChI is InChI=1S/C21H29N4O6PS/c1-21(2,3)18-17(26)16(20(27)25(18)11-12-6-7-12)19-22-14-9-8-13(24-33(5,29)30)10-15(14)32(28,23-19)31-4/h8-10,12,24,26-27H,6-7,11H2,1-5H3,(H,22,23,28). The number of hydrogen-bond donors (Lipinski definition) is 4. The molecule has 4 rings (SSSR count). The summed E-state index contributed by atoms with van der Waals surface area (Å²) >= 11 is 0. The molecule has 1 saturated carbocycles. The van der Waals surface area contributed by atoms with E-state index in [1.807, 2.05) is 20.8 Å². The smallest absolute Gasteiger partial charge is 0.348 e. The van der Waals surface area contributed by atoms with Gasteiger partial charge in [0.25, 0.3) is 0 Å². The van der Waals surface area contributed by atoms with Gasteiger partial charge in [0.05, 0.1) is 22.9 Å². The minimum Gasteiger partial charge on any atom is -0.505 e. The normalized spacial score (nSPS) is 20.7. The van der Waals surface area contributed by atoms with Crippen molar-refractivity contribution in [3.8, 4) is 11.6 Å². The van der Waals surface area contributed by atoms with Gasteiger partial charge in [0.1, 0.15) is 5.56 Å². The number of aromatic nitrogens is 1. The molecule has 1 aliphatic carbocycles. The molecule has 33 heavy (non-hydrogen) atoms. The van der Waals surface area contributed by atoms with E-state index in [-0.39, 0.29) is 34.0 Å². The Kier molecular flexibility index (Phi) is 5.58. The van der Waals surface area contributed by atoms with Crippen LogP contribution in [0.5, 0.6) is 11.6 Å². The first-order chi connectivity index (χ1) is 15.2. The van der Waals surface area contributed by atoms with Crippen molar-refractivity contribution in [2.75, 3.05) is 23.4 Å². The lowest BCUT2D eigenvalue weighted by Crippen LogP contribution is -2.26. The highest BCUT2D eigenvalue weighted by molar-refractivity contribution is 7.92. The summed E-state index contributed by atoms with van der Waals surface area (Å²) in [4.78, 5) is 0. The SMILES string of the molecule is COP1(=O)N=C(c2c(O)c(C(C)(C)C)n(CC3CC3)c2O)Nc2ccc(NS(C)(=O)=O)cc21. The molecule has 1 aromatic heterocycles. The van der Waals surface area contributed by atoms with Gasteiger partial charge in [-0.3, -0.25) is 9.29 Å². The summed E-state index contributed by atoms with van der Waals surface area (Å²) in [5, 5.41) is 25.5. The van der Waals surface area contributed by atoms with E-state index < -0.39 is 23.0 Å². The molecule has 1 fully saturated rings. The lowest BCUT2D eigenvalue weighted by Gasteiger charge is -2.24. The van der Waals surface area contributed by atoms with Crippen LogP contribution in [0.15, 0.2) is 23.0 Å². The second kappa shape index (κ2) is 7.78. The highest BCUT2D eigenvalue weighted by Crippen LogP contribution is 2.53. The maximum absolute atomic E-state index is 13.6. The van der Waals surface area contributed by atoms with Crippen molar-refractivity contribution in [1.29, 1.82) is 0 Å². The van der Waals surface area contributed by atoms with Crippen LogP contribution in [-0.4, -0.2) is 42.4 Å². The Labute approximate surface area is 193 Å². The molecule has 2 aromatic rings. The lowest BCUT2D eigenvalue weighted by molar-refractivity contribution is 0.384. The number of hydrogen-bond acceptors (Lipinski definition) is 7. The van der Waals surface area contributed by atoms with Gasteiger partial charge in [-0.25, -0.2) is 8.42 Å². The van der Waals surface area contributed by atoms with E-state index >= 15 is 0 Å². The molecule has 0 saturated heterocycles. The Morgan fingerprint density at radius 2 is 1.97 bits per heavy atom. The van der Waals surface area contributed by atoms with Crippen molar-refractivity contribution in [3.05, 3.63) is 29.5 Å². The van der Waals surface area contributed by atoms with Crippen LogP contribution in [-0.2, 0) is 31.1 Å². The van der Waals surface area contributed by atoms with E-state index in [0.717, 1.165) is 19.1 Å². The number of fused-ring (bicyclic) bond motifs is 1. The van der Waals surface area contributed by atoms with Crippen LogP contribution in [0, 0.1) is 5.92 Å². The molecule has 2 aliphatic rings. The van der Waals surface area contributed by atoms with Crippen LogP contribution in [0.4, 0.5) is 11.4 Å². The lowest BCUT2D eigenvalue weighted by atomic mass is 9.91. The molecule has 0 radical (unpaired) electrons. The van der Waals surface area contributed by atoms with Gasteiger partial charge in [0.2, 0.25) is 15.9 Å². The Bertz CT molecular complexity index is 1300. The minimum absolute atomic E-state index is 0.0200. The molecular weight excluding hydrogens is 467 g/mol. The predicted molar refractivity (Wildman–Crippen MR) is 129 cm³/mol. The maximum atomic E-state index is 13.6. The fourth-order valence-corrected chi connectivity index (χ4v) is 6.14. The van der Waals surface area contributed by atoms with Crippen LogP contribution in [0.2, 0.25) is 0 Å². The topological polar surface area (TPSA) is 142 Å². The molecule has 0 bridgehead atoms. The van der Waals surface area contributed by atoms with Crippen LogP contribution in [0.25, 0.3) is 0 Å². The second-order valence-corrected chi connectivity index (χ2v) is 13.4. The number of benzene rings is 1. The third-order valence-electron chi connectivity index (χ3n) is 5.63. The highest BCUT2D eigenvalue weighted by atomic mass is 32.2. The molecule has 4 N–H and O–H groups in total. The largest absolute Gasteiger partial charge is 0.505 e. The molecule has 0 amide bonds. The summed E-state index contributed by atoms with van der Waals surface area (Å²) in [7, 11) is -6.14. The molecular formula is C21H29N4O6PS. The summed E-state index contributed by atoms with van der Waals surface area (Å²) < 4.78 is 50.4. The number of aromatic hydroxyl groups is 2. The molecule has 12 heteroatoms. The Morgan fingerprint density at radius 1 is 1.30 bits per heavy atom. The number of sulfonamides is 1. The molecule has 1 atom stereocenters. The van der Waals surface area contributed by atoms with E-state index in [0.29, 0.717) is 23.8 Å². The number of nitrogens with zero attached hydrogens (tertiary/aromatic N) is 2. The van der Waals surface area contributed by atoms with E-state index in [1.165, 1.54) is 19.2 Å². The van der Waals surface area contributed by atoms with Crippen molar-refractivity contribution < 1.29 is 27.7 Å². The fraction of sp³-hybridized carbons (Fsp3) is 0.476. The number of nitrogens with one attached hydrogen (secondary N) is 2. The zero-order valence-electron chi connectivity index (χ0n) is 19.2. The van der Waals surface area contributed by atoms with Gasteiger partial charge in [-0.05, 0) is 37.0 Å². The monoisotopic (exact) mass is 496 g/mol. The van der Waals surface area contributed by atoms with E-state index in [1.54, 1.807) is 10.6 Å². The fourth-order valence-electron chi connectivity index (χ4n) is 4.05. The Hall–Kier alpha value is -2.49. The summed E-state index contributed by atoms with van der Waals surface area (Å²) in [5.74, 6) is 0.168. The number of anilines is 2. The molecule has 1 unspecified atom stereocenters. The van der Waals surface area contributed by atoms with Crippen molar-refractivity contribution >= 4 is 40.1 Å². The van der Waals surface area contributed by atoms with Gasteiger partial charge in [0.15, 0.2) is 11.6 Å². The maximum Gasteiger partial charge on any atom is 0.348 e. The van der Waals surface area contributed by atoms with Crippen LogP contribution >= 0.6 is 7.52 Å². The average Bonchev–Trinajstić information content (AvgIpc) is 3.45. The van der Waals surface area contributed by atoms with Gasteiger partial charge in [0, 0.05) is 24.8 Å². The van der Waals surface area contributed by atoms with Gasteiger partial charge in [-0.15, -0.1) is 0 Å². The van der Waals surface area contributed by atoms with Crippen molar-refractivity contribution in [1.82, 2.24) is 4.57 Å². The molecule has 1 aliphatic heterocycles. The Morgan fingerprint density at radius 3 is 2.52 bits per heavy atom. The number of amidine groups is 1. The van der Waals surface area contributed by atoms with Crippen LogP contribution < -0.4 is 15.3 Å². The molecule has 1 aromatic carbocycles. The average molecular weight is 497 g/mol. The van der Waals surface area contributed by atoms with Crippen molar-refractivity contribution in [2.45, 2.75) is 45.6 Å². The second-order valence-electron chi connectivity index (χ2n) is 9.58. The van der Waals surface area contributed by atoms with Gasteiger partial charge < -0.3 is 24.6 Å². The zero-order chi connectivity index (χ0) is 24.3. The predicted octanol–water partition coefficient (Wildman–Crippen LogP) is 3.32. The van der Waals surface area contributed by atoms with Crippen LogP contribution in [0.1, 0.15) is 44.9 Å². The first kappa shape index (κ1) is 23.7. The Balaban J connectivity index is 1.84. The minimum atomic E-state index is -3.84. The quantitative estimate of drug-likeness (QED) is 0.450. The summed E-state index contributed by atoms with van der Waals surface area (Å²) in [6.07, 6.45) is 3.14. The molecule has 0 spiro atoms. The third kappa shape index (κ3) is 4.49. The van der Waals surface area contributed by atoms with Gasteiger partial charge in [-0.2, -0.15) is 4.76 Å². The number of rotatable bonds is 6. The van der Waals surface area contributed by atoms with Gasteiger partial charge in [-0.1, -0.05) is 20.8 Å². The van der Waals surface area contributed by atoms with E-state index in [9.17, 15) is 23.2 Å². The van der Waals surface area contributed by atoms with Crippen molar-refractivity contribution in [2.24, 2.45) is 10.7 Å². The first-order valence-electron chi connectivity index (χ1n) is 10.5. The zero-order valence-corrected chi connectivity index (χ0v) is 20.9. The molecule has 180 valence electrons. The molecule has 2 heterocycles. The summed E-state index contributed by atoms with van der Waals surface area (Å²) in [6.45, 7) is 6.39. The summed E-state index contributed by atoms with van der Waals surface area (Å²) in [6, 6.07) is 4.45. The molecule has 10 nitrogen and oxygen atoms in total. The summed E-state index contributed by atoms with van der Waals surface area (Å²) in [5.41, 5.74) is 0.735. The first-order valence-corrected chi connectivity index (χ1v) is 14.0. The van der Waals surface area contributed by atoms with Crippen molar-refractivity contribution in [3.63, 3.8) is 0 Å².